The number of nitrogens with zero attached hydrogens (tertiary/aromatic N) is 3. The lowest BCUT2D eigenvalue weighted by Gasteiger charge is -2.21. The summed E-state index contributed by atoms with van der Waals surface area (Å²) in [5.74, 6) is -4.48. The highest BCUT2D eigenvalue weighted by molar-refractivity contribution is 5.94. The Kier molecular flexibility index (Phi) is 6.24. The lowest BCUT2D eigenvalue weighted by atomic mass is 10.1. The number of halogens is 4. The Balaban J connectivity index is 1.56. The van der Waals surface area contributed by atoms with Gasteiger partial charge >= 0.3 is 5.97 Å². The molecule has 37 heavy (non-hydrogen) atoms. The maximum atomic E-state index is 15.2. The zero-order valence-electron chi connectivity index (χ0n) is 19.2. The van der Waals surface area contributed by atoms with Crippen molar-refractivity contribution in [2.75, 3.05) is 18.0 Å². The van der Waals surface area contributed by atoms with E-state index in [9.17, 15) is 27.9 Å². The largest absolute Gasteiger partial charge is 0.477 e. The highest BCUT2D eigenvalue weighted by atomic mass is 19.1. The van der Waals surface area contributed by atoms with Gasteiger partial charge in [-0.15, -0.1) is 0 Å². The SMILES string of the molecule is O=C(O)c1cn(-c2ccc(F)cc2F)c2cc(N3CCC(N=Cc4ccc(F)cc4)C3)c(F)cc2c1=O. The molecule has 1 N–H and O–H groups in total. The number of anilines is 1. The van der Waals surface area contributed by atoms with Crippen LogP contribution in [0.4, 0.5) is 23.2 Å². The average Bonchev–Trinajstić information content (AvgIpc) is 3.33. The summed E-state index contributed by atoms with van der Waals surface area (Å²) in [4.78, 5) is 30.7. The second kappa shape index (κ2) is 9.53. The van der Waals surface area contributed by atoms with Gasteiger partial charge in [-0.05, 0) is 48.4 Å². The Morgan fingerprint density at radius 2 is 1.65 bits per heavy atom. The van der Waals surface area contributed by atoms with Crippen LogP contribution in [0, 0.1) is 23.3 Å². The Bertz CT molecular complexity index is 1620. The van der Waals surface area contributed by atoms with Crippen molar-refractivity contribution in [1.82, 2.24) is 4.57 Å². The molecule has 5 rings (SSSR count). The Hall–Kier alpha value is -4.47. The number of carboxylic acid groups (broad SMARTS) is 1. The summed E-state index contributed by atoms with van der Waals surface area (Å²) in [6.45, 7) is 0.790. The molecule has 1 aromatic heterocycles. The van der Waals surface area contributed by atoms with Crippen LogP contribution in [0.3, 0.4) is 0 Å². The first-order valence-corrected chi connectivity index (χ1v) is 11.3. The van der Waals surface area contributed by atoms with Gasteiger partial charge in [-0.25, -0.2) is 22.4 Å². The molecule has 0 amide bonds. The molecule has 10 heteroatoms. The van der Waals surface area contributed by atoms with E-state index in [0.29, 0.717) is 25.6 Å². The van der Waals surface area contributed by atoms with Gasteiger partial charge in [-0.1, -0.05) is 12.1 Å². The van der Waals surface area contributed by atoms with E-state index in [-0.39, 0.29) is 34.1 Å². The number of benzene rings is 3. The minimum Gasteiger partial charge on any atom is -0.477 e. The molecule has 0 aliphatic carbocycles. The molecule has 1 saturated heterocycles. The van der Waals surface area contributed by atoms with Crippen molar-refractivity contribution >= 4 is 28.8 Å². The van der Waals surface area contributed by atoms with Crippen LogP contribution in [0.25, 0.3) is 16.6 Å². The molecule has 1 aliphatic heterocycles. The molecular formula is C27H19F4N3O3. The molecule has 1 fully saturated rings. The van der Waals surface area contributed by atoms with Crippen molar-refractivity contribution in [2.45, 2.75) is 12.5 Å². The Morgan fingerprint density at radius 1 is 0.946 bits per heavy atom. The standard InChI is InChI=1S/C27H19F4N3O3/c28-16-3-1-15(2-4-16)12-32-18-7-8-33(13-18)25-11-24-19(10-22(25)31)26(35)20(27(36)37)14-34(24)23-6-5-17(29)9-21(23)30/h1-6,9-12,14,18H,7-8,13H2,(H,36,37). The fourth-order valence-electron chi connectivity index (χ4n) is 4.43. The molecular weight excluding hydrogens is 490 g/mol. The highest BCUT2D eigenvalue weighted by Gasteiger charge is 2.26. The molecule has 1 atom stereocenters. The van der Waals surface area contributed by atoms with Crippen LogP contribution in [-0.2, 0) is 0 Å². The van der Waals surface area contributed by atoms with Crippen LogP contribution in [0.1, 0.15) is 22.3 Å². The average molecular weight is 509 g/mol. The van der Waals surface area contributed by atoms with Crippen LogP contribution in [0.5, 0.6) is 0 Å². The highest BCUT2D eigenvalue weighted by Crippen LogP contribution is 2.30. The zero-order chi connectivity index (χ0) is 26.3. The van der Waals surface area contributed by atoms with E-state index < -0.39 is 34.4 Å². The number of hydrogen-bond acceptors (Lipinski definition) is 4. The van der Waals surface area contributed by atoms with Gasteiger partial charge < -0.3 is 14.6 Å². The first-order valence-electron chi connectivity index (χ1n) is 11.3. The molecule has 188 valence electrons. The van der Waals surface area contributed by atoms with E-state index in [1.54, 1.807) is 23.2 Å². The van der Waals surface area contributed by atoms with Crippen molar-refractivity contribution in [1.29, 1.82) is 0 Å². The number of carbonyl (C=O) groups is 1. The number of fused-ring (bicyclic) bond motifs is 1. The Labute approximate surface area is 207 Å². The predicted octanol–water partition coefficient (Wildman–Crippen LogP) is 4.94. The lowest BCUT2D eigenvalue weighted by Crippen LogP contribution is -2.23. The fraction of sp³-hybridized carbons (Fsp3) is 0.148. The van der Waals surface area contributed by atoms with Gasteiger partial charge in [-0.3, -0.25) is 9.79 Å². The third-order valence-corrected chi connectivity index (χ3v) is 6.28. The van der Waals surface area contributed by atoms with Crippen molar-refractivity contribution in [3.63, 3.8) is 0 Å². The van der Waals surface area contributed by atoms with Gasteiger partial charge in [0, 0.05) is 37.0 Å². The number of carboxylic acids is 1. The molecule has 3 aromatic carbocycles. The van der Waals surface area contributed by atoms with Crippen molar-refractivity contribution in [3.8, 4) is 5.69 Å². The number of pyridine rings is 1. The van der Waals surface area contributed by atoms with E-state index in [1.165, 1.54) is 18.2 Å². The minimum atomic E-state index is -1.56. The summed E-state index contributed by atoms with van der Waals surface area (Å²) in [6, 6.07) is 10.7. The van der Waals surface area contributed by atoms with E-state index in [4.69, 9.17) is 0 Å². The van der Waals surface area contributed by atoms with Crippen molar-refractivity contribution < 1.29 is 27.5 Å². The van der Waals surface area contributed by atoms with E-state index in [0.717, 1.165) is 34.5 Å². The van der Waals surface area contributed by atoms with Gasteiger partial charge in [0.2, 0.25) is 5.43 Å². The summed E-state index contributed by atoms with van der Waals surface area (Å²) >= 11 is 0. The first-order chi connectivity index (χ1) is 17.7. The molecule has 1 unspecified atom stereocenters. The number of aliphatic imine (C=N–C) groups is 1. The topological polar surface area (TPSA) is 74.9 Å². The van der Waals surface area contributed by atoms with E-state index in [2.05, 4.69) is 4.99 Å². The summed E-state index contributed by atoms with van der Waals surface area (Å²) in [5, 5.41) is 9.23. The first kappa shape index (κ1) is 24.2. The quantitative estimate of drug-likeness (QED) is 0.306. The number of rotatable bonds is 5. The summed E-state index contributed by atoms with van der Waals surface area (Å²) in [6.07, 6.45) is 3.17. The van der Waals surface area contributed by atoms with Gasteiger partial charge in [0.15, 0.2) is 0 Å². The van der Waals surface area contributed by atoms with Crippen molar-refractivity contribution in [2.24, 2.45) is 4.99 Å². The smallest absolute Gasteiger partial charge is 0.341 e. The molecule has 6 nitrogen and oxygen atoms in total. The van der Waals surface area contributed by atoms with Crippen molar-refractivity contribution in [3.05, 3.63) is 105 Å². The molecule has 0 bridgehead atoms. The summed E-state index contributed by atoms with van der Waals surface area (Å²) in [5.41, 5.74) is -0.887. The van der Waals surface area contributed by atoms with Gasteiger partial charge in [0.1, 0.15) is 28.8 Å². The Morgan fingerprint density at radius 3 is 2.35 bits per heavy atom. The van der Waals surface area contributed by atoms with Gasteiger partial charge in [0.05, 0.1) is 22.9 Å². The molecule has 0 radical (unpaired) electrons. The lowest BCUT2D eigenvalue weighted by molar-refractivity contribution is 0.0695. The van der Waals surface area contributed by atoms with Gasteiger partial charge in [0.25, 0.3) is 0 Å². The number of aromatic nitrogens is 1. The third-order valence-electron chi connectivity index (χ3n) is 6.28. The van der Waals surface area contributed by atoms with Crippen LogP contribution in [0.2, 0.25) is 0 Å². The molecule has 2 heterocycles. The molecule has 1 aliphatic rings. The number of aromatic carboxylic acids is 1. The second-order valence-corrected chi connectivity index (χ2v) is 8.68. The monoisotopic (exact) mass is 509 g/mol. The summed E-state index contributed by atoms with van der Waals surface area (Å²) < 4.78 is 57.6. The second-order valence-electron chi connectivity index (χ2n) is 8.68. The minimum absolute atomic E-state index is 0.0650. The maximum absolute atomic E-state index is 15.2. The summed E-state index contributed by atoms with van der Waals surface area (Å²) in [7, 11) is 0. The zero-order valence-corrected chi connectivity index (χ0v) is 19.2. The predicted molar refractivity (Wildman–Crippen MR) is 131 cm³/mol. The van der Waals surface area contributed by atoms with Crippen LogP contribution < -0.4 is 10.3 Å². The molecule has 0 saturated carbocycles. The molecule has 0 spiro atoms. The normalized spacial score (nSPS) is 15.7. The van der Waals surface area contributed by atoms with Crippen LogP contribution >= 0.6 is 0 Å². The van der Waals surface area contributed by atoms with Crippen LogP contribution in [-0.4, -0.2) is 41.0 Å². The maximum Gasteiger partial charge on any atom is 0.341 e. The van der Waals surface area contributed by atoms with E-state index >= 15 is 4.39 Å². The molecule has 4 aromatic rings. The van der Waals surface area contributed by atoms with Crippen LogP contribution in [0.15, 0.2) is 70.6 Å². The fourth-order valence-corrected chi connectivity index (χ4v) is 4.43. The van der Waals surface area contributed by atoms with Gasteiger partial charge in [-0.2, -0.15) is 0 Å². The van der Waals surface area contributed by atoms with E-state index in [1.807, 2.05) is 0 Å². The third kappa shape index (κ3) is 4.69. The number of hydrogen-bond donors (Lipinski definition) is 1.